The van der Waals surface area contributed by atoms with Crippen molar-refractivity contribution >= 4 is 63.4 Å². The van der Waals surface area contributed by atoms with Gasteiger partial charge < -0.3 is 35.1 Å². The van der Waals surface area contributed by atoms with Crippen molar-refractivity contribution in [3.8, 4) is 28.3 Å². The molecule has 23 heteroatoms. The van der Waals surface area contributed by atoms with Crippen LogP contribution >= 0.6 is 11.3 Å². The maximum Gasteiger partial charge on any atom is 0.243 e. The van der Waals surface area contributed by atoms with Gasteiger partial charge in [-0.3, -0.25) is 0 Å². The molecular formula is C43H53N19O3S. The first kappa shape index (κ1) is 48.0. The lowest BCUT2D eigenvalue weighted by Crippen LogP contribution is -2.22. The molecular weight excluding hydrogens is 863 g/mol. The summed E-state index contributed by atoms with van der Waals surface area (Å²) in [7, 11) is 6.53. The number of nitrogens with one attached hydrogen (secondary N) is 3. The summed E-state index contributed by atoms with van der Waals surface area (Å²) in [6.07, 6.45) is 6.37. The van der Waals surface area contributed by atoms with E-state index in [1.54, 1.807) is 21.3 Å². The van der Waals surface area contributed by atoms with E-state index in [1.165, 1.54) is 34.4 Å². The van der Waals surface area contributed by atoms with Crippen LogP contribution in [0.25, 0.3) is 10.3 Å². The highest BCUT2D eigenvalue weighted by Crippen LogP contribution is 2.39. The van der Waals surface area contributed by atoms with Gasteiger partial charge in [-0.05, 0) is 69.7 Å². The fraction of sp³-hybridized carbons (Fsp3) is 0.419. The monoisotopic (exact) mass is 915 g/mol. The average molecular weight is 916 g/mol. The third-order valence-corrected chi connectivity index (χ3v) is 10.8. The zero-order chi connectivity index (χ0) is 47.2. The molecule has 0 spiro atoms. The van der Waals surface area contributed by atoms with Gasteiger partial charge in [0.25, 0.3) is 0 Å². The number of hydrogen-bond acceptors (Lipinski definition) is 21. The Bertz CT molecular complexity index is 2710. The van der Waals surface area contributed by atoms with Gasteiger partial charge in [-0.2, -0.15) is 25.5 Å². The zero-order valence-corrected chi connectivity index (χ0v) is 39.4. The number of benzene rings is 1. The van der Waals surface area contributed by atoms with Gasteiger partial charge in [0.1, 0.15) is 29.1 Å². The lowest BCUT2D eigenvalue weighted by atomic mass is 10.0. The number of hydrogen-bond donors (Lipinski definition) is 3. The number of pyridine rings is 1. The quantitative estimate of drug-likeness (QED) is 0.0400. The van der Waals surface area contributed by atoms with Crippen molar-refractivity contribution in [1.82, 2.24) is 44.7 Å². The van der Waals surface area contributed by atoms with E-state index in [4.69, 9.17) is 19.2 Å². The van der Waals surface area contributed by atoms with Crippen molar-refractivity contribution in [3.05, 3.63) is 64.0 Å². The maximum atomic E-state index is 10.1. The van der Waals surface area contributed by atoms with E-state index >= 15 is 0 Å². The normalized spacial score (nSPS) is 11.3. The molecule has 0 aliphatic rings. The van der Waals surface area contributed by atoms with E-state index < -0.39 is 0 Å². The van der Waals surface area contributed by atoms with E-state index in [0.717, 1.165) is 58.9 Å². The highest BCUT2D eigenvalue weighted by atomic mass is 32.1. The second kappa shape index (κ2) is 22.9. The SMILES string of the molecule is CCCCN(c1cc(C)c(N=Nc2nn(-c3nnc(-n4cc(C#N)c(N=Nc5c(NCCCOC)nc(NC)nc5NCCCOC)n4)s3)cc2C#N)c(OC)n1)c1c(C)cc(C)cc1C. The van der Waals surface area contributed by atoms with Gasteiger partial charge in [-0.15, -0.1) is 40.9 Å². The van der Waals surface area contributed by atoms with Crippen molar-refractivity contribution < 1.29 is 14.2 Å². The molecule has 5 heterocycles. The molecule has 0 unspecified atom stereocenters. The molecule has 0 aliphatic heterocycles. The molecule has 1 aromatic carbocycles. The van der Waals surface area contributed by atoms with Crippen LogP contribution in [-0.4, -0.2) is 106 Å². The number of azo groups is 2. The number of nitrogens with zero attached hydrogens (tertiary/aromatic N) is 16. The van der Waals surface area contributed by atoms with Crippen molar-refractivity contribution in [2.45, 2.75) is 60.3 Å². The Morgan fingerprint density at radius 3 is 1.76 bits per heavy atom. The van der Waals surface area contributed by atoms with Crippen LogP contribution in [0.15, 0.2) is 51.0 Å². The van der Waals surface area contributed by atoms with Gasteiger partial charge in [0, 0.05) is 59.8 Å². The summed E-state index contributed by atoms with van der Waals surface area (Å²) in [5.74, 6) is 2.30. The van der Waals surface area contributed by atoms with E-state index in [0.29, 0.717) is 78.4 Å². The van der Waals surface area contributed by atoms with Crippen LogP contribution in [0.1, 0.15) is 66.0 Å². The molecule has 5 aromatic heterocycles. The smallest absolute Gasteiger partial charge is 0.243 e. The molecule has 0 bridgehead atoms. The first-order valence-electron chi connectivity index (χ1n) is 21.2. The van der Waals surface area contributed by atoms with Gasteiger partial charge in [-0.1, -0.05) is 42.4 Å². The predicted octanol–water partition coefficient (Wildman–Crippen LogP) is 8.79. The van der Waals surface area contributed by atoms with Crippen LogP contribution in [0.5, 0.6) is 5.88 Å². The number of methoxy groups -OCH3 is 3. The lowest BCUT2D eigenvalue weighted by molar-refractivity contribution is 0.197. The van der Waals surface area contributed by atoms with Crippen LogP contribution in [0.3, 0.4) is 0 Å². The molecule has 0 atom stereocenters. The van der Waals surface area contributed by atoms with Crippen molar-refractivity contribution in [3.63, 3.8) is 0 Å². The Morgan fingerprint density at radius 1 is 0.727 bits per heavy atom. The lowest BCUT2D eigenvalue weighted by Gasteiger charge is -2.28. The summed E-state index contributed by atoms with van der Waals surface area (Å²) in [5.41, 5.74) is 6.40. The van der Waals surface area contributed by atoms with Crippen molar-refractivity contribution in [1.29, 1.82) is 10.5 Å². The maximum absolute atomic E-state index is 10.1. The van der Waals surface area contributed by atoms with Crippen LogP contribution in [0.4, 0.5) is 52.1 Å². The Balaban J connectivity index is 1.26. The molecule has 0 aliphatic carbocycles. The van der Waals surface area contributed by atoms with Gasteiger partial charge in [0.2, 0.25) is 33.7 Å². The average Bonchev–Trinajstić information content (AvgIpc) is 4.07. The summed E-state index contributed by atoms with van der Waals surface area (Å²) in [4.78, 5) is 16.3. The fourth-order valence-electron chi connectivity index (χ4n) is 6.85. The second-order valence-electron chi connectivity index (χ2n) is 14.9. The van der Waals surface area contributed by atoms with Gasteiger partial charge in [-0.25, -0.2) is 9.36 Å². The Labute approximate surface area is 386 Å². The van der Waals surface area contributed by atoms with Crippen LogP contribution in [0.2, 0.25) is 0 Å². The molecule has 0 amide bonds. The molecule has 6 rings (SSSR count). The second-order valence-corrected chi connectivity index (χ2v) is 15.8. The molecule has 0 fully saturated rings. The summed E-state index contributed by atoms with van der Waals surface area (Å²) < 4.78 is 18.9. The Morgan fingerprint density at radius 2 is 1.27 bits per heavy atom. The minimum atomic E-state index is 0.0263. The van der Waals surface area contributed by atoms with Gasteiger partial charge in [0.05, 0.1) is 19.5 Å². The zero-order valence-electron chi connectivity index (χ0n) is 38.5. The fourth-order valence-corrected chi connectivity index (χ4v) is 7.55. The van der Waals surface area contributed by atoms with Gasteiger partial charge >= 0.3 is 0 Å². The minimum Gasteiger partial charge on any atom is -0.479 e. The summed E-state index contributed by atoms with van der Waals surface area (Å²) in [6.45, 7) is 13.4. The van der Waals surface area contributed by atoms with Crippen molar-refractivity contribution in [2.24, 2.45) is 20.5 Å². The number of unbranched alkanes of at least 4 members (excludes halogenated alkanes) is 1. The van der Waals surface area contributed by atoms with E-state index in [9.17, 15) is 10.5 Å². The van der Waals surface area contributed by atoms with Crippen LogP contribution in [-0.2, 0) is 9.47 Å². The van der Waals surface area contributed by atoms with E-state index in [1.807, 2.05) is 13.0 Å². The molecule has 0 saturated heterocycles. The molecule has 66 heavy (non-hydrogen) atoms. The van der Waals surface area contributed by atoms with Crippen LogP contribution < -0.4 is 25.6 Å². The standard InChI is InChI=1S/C43H53N19O3S/c1-10-11-16-60(35-28(4)19-26(2)20-29(35)5)32-21-27(3)33(40(49-32)65-9)52-54-36-30(22-44)24-61(58-36)42-56-57-43(66-42)62-25-31(23-45)37(59-62)55-53-34-38(47-14-12-17-63-7)50-41(46-6)51-39(34)48-15-13-18-64-8/h19-21,24-25H,10-18H2,1-9H3,(H3,46,47,48,50,51). The third kappa shape index (κ3) is 11.4. The first-order valence-corrected chi connectivity index (χ1v) is 22.0. The van der Waals surface area contributed by atoms with Crippen molar-refractivity contribution in [2.75, 3.05) is 82.1 Å². The number of aromatic nitrogens is 9. The van der Waals surface area contributed by atoms with E-state index in [-0.39, 0.29) is 28.6 Å². The number of ether oxygens (including phenoxy) is 3. The highest BCUT2D eigenvalue weighted by molar-refractivity contribution is 7.16. The molecule has 0 radical (unpaired) electrons. The molecule has 22 nitrogen and oxygen atoms in total. The topological polar surface area (TPSA) is 264 Å². The molecule has 0 saturated carbocycles. The Kier molecular flexibility index (Phi) is 16.7. The number of nitriles is 2. The minimum absolute atomic E-state index is 0.0263. The van der Waals surface area contributed by atoms with E-state index in [2.05, 4.69) is 124 Å². The first-order chi connectivity index (χ1) is 32.0. The summed E-state index contributed by atoms with van der Waals surface area (Å²) in [5, 5.41) is 65.5. The van der Waals surface area contributed by atoms with Gasteiger partial charge in [0.15, 0.2) is 23.0 Å². The molecule has 344 valence electrons. The molecule has 6 aromatic rings. The number of aryl methyl sites for hydroxylation is 4. The van der Waals surface area contributed by atoms with Crippen LogP contribution in [0, 0.1) is 50.4 Å². The third-order valence-electron chi connectivity index (χ3n) is 9.91. The highest BCUT2D eigenvalue weighted by Gasteiger charge is 2.22. The predicted molar refractivity (Wildman–Crippen MR) is 252 cm³/mol. The Hall–Kier alpha value is -7.47. The number of rotatable bonds is 23. The largest absolute Gasteiger partial charge is 0.479 e. The number of anilines is 5. The summed E-state index contributed by atoms with van der Waals surface area (Å²) >= 11 is 1.10. The molecule has 3 N–H and O–H groups in total. The summed E-state index contributed by atoms with van der Waals surface area (Å²) in [6, 6.07) is 10.6.